The minimum Gasteiger partial charge on any atom is -0.465 e. The van der Waals surface area contributed by atoms with Crippen LogP contribution in [0, 0.1) is 0 Å². The standard InChI is InChI=1S/C14H21N3O2/c1-16-5-7-17(8-6-16)10-12-4-3-11(9-13(12)15)14(18)19-2/h3-4,9H,5-8,10,15H2,1-2H3. The van der Waals surface area contributed by atoms with Crippen molar-refractivity contribution < 1.29 is 9.53 Å². The first-order valence-corrected chi connectivity index (χ1v) is 6.48. The summed E-state index contributed by atoms with van der Waals surface area (Å²) < 4.78 is 4.68. The second-order valence-corrected chi connectivity index (χ2v) is 4.98. The summed E-state index contributed by atoms with van der Waals surface area (Å²) in [5, 5.41) is 0. The SMILES string of the molecule is COC(=O)c1ccc(CN2CCN(C)CC2)c(N)c1. The Bertz CT molecular complexity index is 454. The van der Waals surface area contributed by atoms with Gasteiger partial charge < -0.3 is 15.4 Å². The highest BCUT2D eigenvalue weighted by Crippen LogP contribution is 2.17. The van der Waals surface area contributed by atoms with Crippen molar-refractivity contribution >= 4 is 11.7 Å². The molecule has 2 N–H and O–H groups in total. The van der Waals surface area contributed by atoms with Crippen LogP contribution in [0.2, 0.25) is 0 Å². The molecule has 104 valence electrons. The van der Waals surface area contributed by atoms with Crippen LogP contribution in [0.25, 0.3) is 0 Å². The van der Waals surface area contributed by atoms with Crippen LogP contribution < -0.4 is 5.73 Å². The molecule has 1 aliphatic rings. The molecule has 0 atom stereocenters. The number of anilines is 1. The zero-order chi connectivity index (χ0) is 13.8. The number of ether oxygens (including phenoxy) is 1. The number of esters is 1. The van der Waals surface area contributed by atoms with Gasteiger partial charge in [-0.2, -0.15) is 0 Å². The highest BCUT2D eigenvalue weighted by Gasteiger charge is 2.15. The van der Waals surface area contributed by atoms with Crippen molar-refractivity contribution in [3.05, 3.63) is 29.3 Å². The van der Waals surface area contributed by atoms with Crippen molar-refractivity contribution in [2.75, 3.05) is 46.1 Å². The Kier molecular flexibility index (Phi) is 4.39. The molecule has 1 fully saturated rings. The fourth-order valence-electron chi connectivity index (χ4n) is 2.23. The van der Waals surface area contributed by atoms with Gasteiger partial charge in [-0.25, -0.2) is 4.79 Å². The molecule has 5 nitrogen and oxygen atoms in total. The number of methoxy groups -OCH3 is 1. The number of piperazine rings is 1. The smallest absolute Gasteiger partial charge is 0.337 e. The molecule has 0 spiro atoms. The Labute approximate surface area is 113 Å². The van der Waals surface area contributed by atoms with E-state index in [9.17, 15) is 4.79 Å². The van der Waals surface area contributed by atoms with Gasteiger partial charge in [0.2, 0.25) is 0 Å². The van der Waals surface area contributed by atoms with Crippen LogP contribution in [0.5, 0.6) is 0 Å². The lowest BCUT2D eigenvalue weighted by Gasteiger charge is -2.32. The predicted octanol–water partition coefficient (Wildman–Crippen LogP) is 0.803. The molecule has 0 unspecified atom stereocenters. The van der Waals surface area contributed by atoms with E-state index in [0.717, 1.165) is 38.3 Å². The van der Waals surface area contributed by atoms with Gasteiger partial charge in [0.15, 0.2) is 0 Å². The van der Waals surface area contributed by atoms with Gasteiger partial charge in [-0.05, 0) is 24.7 Å². The van der Waals surface area contributed by atoms with E-state index in [1.165, 1.54) is 7.11 Å². The number of hydrogen-bond acceptors (Lipinski definition) is 5. The first-order valence-electron chi connectivity index (χ1n) is 6.48. The molecule has 1 aromatic rings. The van der Waals surface area contributed by atoms with Gasteiger partial charge in [-0.15, -0.1) is 0 Å². The second-order valence-electron chi connectivity index (χ2n) is 4.98. The molecule has 2 rings (SSSR count). The van der Waals surface area contributed by atoms with Crippen molar-refractivity contribution in [3.63, 3.8) is 0 Å². The maximum Gasteiger partial charge on any atom is 0.337 e. The largest absolute Gasteiger partial charge is 0.465 e. The van der Waals surface area contributed by atoms with Crippen LogP contribution in [0.15, 0.2) is 18.2 Å². The van der Waals surface area contributed by atoms with Crippen molar-refractivity contribution in [1.82, 2.24) is 9.80 Å². The monoisotopic (exact) mass is 263 g/mol. The first kappa shape index (κ1) is 13.8. The lowest BCUT2D eigenvalue weighted by atomic mass is 10.1. The number of carbonyl (C=O) groups is 1. The molecular formula is C14H21N3O2. The van der Waals surface area contributed by atoms with Crippen LogP contribution in [0.3, 0.4) is 0 Å². The lowest BCUT2D eigenvalue weighted by Crippen LogP contribution is -2.43. The van der Waals surface area contributed by atoms with Gasteiger partial charge in [-0.3, -0.25) is 4.90 Å². The highest BCUT2D eigenvalue weighted by molar-refractivity contribution is 5.90. The molecule has 0 bridgehead atoms. The Morgan fingerprint density at radius 3 is 2.58 bits per heavy atom. The molecule has 1 saturated heterocycles. The van der Waals surface area contributed by atoms with Crippen LogP contribution in [0.1, 0.15) is 15.9 Å². The minimum atomic E-state index is -0.349. The molecule has 0 saturated carbocycles. The summed E-state index contributed by atoms with van der Waals surface area (Å²) in [6.07, 6.45) is 0. The van der Waals surface area contributed by atoms with Crippen LogP contribution in [-0.2, 0) is 11.3 Å². The average Bonchev–Trinajstić information content (AvgIpc) is 2.42. The Morgan fingerprint density at radius 2 is 2.00 bits per heavy atom. The normalized spacial score (nSPS) is 17.4. The van der Waals surface area contributed by atoms with Crippen LogP contribution >= 0.6 is 0 Å². The molecule has 19 heavy (non-hydrogen) atoms. The lowest BCUT2D eigenvalue weighted by molar-refractivity contribution is 0.0600. The number of hydrogen-bond donors (Lipinski definition) is 1. The summed E-state index contributed by atoms with van der Waals surface area (Å²) in [7, 11) is 3.51. The molecule has 1 aliphatic heterocycles. The molecule has 0 aromatic heterocycles. The van der Waals surface area contributed by atoms with E-state index in [1.807, 2.05) is 6.07 Å². The molecular weight excluding hydrogens is 242 g/mol. The summed E-state index contributed by atoms with van der Waals surface area (Å²) in [6, 6.07) is 5.38. The quantitative estimate of drug-likeness (QED) is 0.646. The molecule has 0 aliphatic carbocycles. The van der Waals surface area contributed by atoms with Crippen LogP contribution in [-0.4, -0.2) is 56.1 Å². The van der Waals surface area contributed by atoms with E-state index in [4.69, 9.17) is 5.73 Å². The van der Waals surface area contributed by atoms with Crippen molar-refractivity contribution in [3.8, 4) is 0 Å². The zero-order valence-corrected chi connectivity index (χ0v) is 11.6. The fourth-order valence-corrected chi connectivity index (χ4v) is 2.23. The summed E-state index contributed by atoms with van der Waals surface area (Å²) in [5.41, 5.74) is 8.24. The third-order valence-corrected chi connectivity index (χ3v) is 3.56. The van der Waals surface area contributed by atoms with E-state index in [-0.39, 0.29) is 5.97 Å². The predicted molar refractivity (Wildman–Crippen MR) is 75.0 cm³/mol. The van der Waals surface area contributed by atoms with Gasteiger partial charge in [0, 0.05) is 38.4 Å². The Balaban J connectivity index is 2.03. The third-order valence-electron chi connectivity index (χ3n) is 3.56. The number of nitrogens with zero attached hydrogens (tertiary/aromatic N) is 2. The van der Waals surface area contributed by atoms with E-state index >= 15 is 0 Å². The maximum absolute atomic E-state index is 11.4. The number of carbonyl (C=O) groups excluding carboxylic acids is 1. The molecule has 1 heterocycles. The van der Waals surface area contributed by atoms with Gasteiger partial charge in [-0.1, -0.05) is 6.07 Å². The van der Waals surface area contributed by atoms with Crippen molar-refractivity contribution in [2.24, 2.45) is 0 Å². The van der Waals surface area contributed by atoms with Crippen LogP contribution in [0.4, 0.5) is 5.69 Å². The molecule has 0 amide bonds. The zero-order valence-electron chi connectivity index (χ0n) is 11.6. The van der Waals surface area contributed by atoms with Gasteiger partial charge in [0.1, 0.15) is 0 Å². The summed E-state index contributed by atoms with van der Waals surface area (Å²) in [4.78, 5) is 16.1. The minimum absolute atomic E-state index is 0.349. The van der Waals surface area contributed by atoms with E-state index in [0.29, 0.717) is 11.3 Å². The van der Waals surface area contributed by atoms with Crippen molar-refractivity contribution in [2.45, 2.75) is 6.54 Å². The van der Waals surface area contributed by atoms with Gasteiger partial charge in [0.25, 0.3) is 0 Å². The van der Waals surface area contributed by atoms with E-state index in [1.54, 1.807) is 12.1 Å². The maximum atomic E-state index is 11.4. The number of rotatable bonds is 3. The van der Waals surface area contributed by atoms with E-state index < -0.39 is 0 Å². The number of nitrogens with two attached hydrogens (primary N) is 1. The van der Waals surface area contributed by atoms with Gasteiger partial charge in [0.05, 0.1) is 12.7 Å². The Morgan fingerprint density at radius 1 is 1.32 bits per heavy atom. The molecule has 0 radical (unpaired) electrons. The summed E-state index contributed by atoms with van der Waals surface area (Å²) in [5.74, 6) is -0.349. The fraction of sp³-hybridized carbons (Fsp3) is 0.500. The summed E-state index contributed by atoms with van der Waals surface area (Å²) >= 11 is 0. The van der Waals surface area contributed by atoms with Crippen molar-refractivity contribution in [1.29, 1.82) is 0 Å². The number of likely N-dealkylation sites (N-methyl/N-ethyl adjacent to an activating group) is 1. The van der Waals surface area contributed by atoms with E-state index in [2.05, 4.69) is 21.6 Å². The second kappa shape index (κ2) is 6.04. The first-order chi connectivity index (χ1) is 9.10. The topological polar surface area (TPSA) is 58.8 Å². The molecule has 1 aromatic carbocycles. The number of nitrogen functional groups attached to an aromatic ring is 1. The Hall–Kier alpha value is -1.59. The van der Waals surface area contributed by atoms with Gasteiger partial charge >= 0.3 is 5.97 Å². The summed E-state index contributed by atoms with van der Waals surface area (Å²) in [6.45, 7) is 5.10. The average molecular weight is 263 g/mol. The molecule has 5 heteroatoms. The number of benzene rings is 1. The third kappa shape index (κ3) is 3.45. The highest BCUT2D eigenvalue weighted by atomic mass is 16.5.